The van der Waals surface area contributed by atoms with Crippen molar-refractivity contribution in [3.63, 3.8) is 0 Å². The molecule has 0 radical (unpaired) electrons. The van der Waals surface area contributed by atoms with Crippen molar-refractivity contribution < 1.29 is 4.42 Å². The predicted molar refractivity (Wildman–Crippen MR) is 91.8 cm³/mol. The van der Waals surface area contributed by atoms with E-state index in [1.54, 1.807) is 0 Å². The number of fused-ring (bicyclic) bond motifs is 1. The van der Waals surface area contributed by atoms with Gasteiger partial charge < -0.3 is 4.42 Å². The molecule has 22 heavy (non-hydrogen) atoms. The second-order valence-corrected chi connectivity index (χ2v) is 5.53. The van der Waals surface area contributed by atoms with E-state index >= 15 is 0 Å². The Labute approximate surface area is 129 Å². The molecule has 0 saturated carbocycles. The lowest BCUT2D eigenvalue weighted by atomic mass is 9.98. The smallest absolute Gasteiger partial charge is 0.142 e. The third-order valence-electron chi connectivity index (χ3n) is 3.95. The summed E-state index contributed by atoms with van der Waals surface area (Å²) < 4.78 is 5.90. The van der Waals surface area contributed by atoms with Gasteiger partial charge in [-0.25, -0.2) is 0 Å². The number of rotatable bonds is 2. The summed E-state index contributed by atoms with van der Waals surface area (Å²) in [7, 11) is 0. The topological polar surface area (TPSA) is 13.1 Å². The fraction of sp³-hybridized carbons (Fsp3) is 0.0476. The van der Waals surface area contributed by atoms with Crippen LogP contribution in [0.15, 0.2) is 83.3 Å². The van der Waals surface area contributed by atoms with Crippen LogP contribution in [0.4, 0.5) is 0 Å². The standard InChI is InChI=1S/C21H16O/c1-15-13-19-11-6-12-20(21(19)22-15)18-10-5-9-17(14-18)16-7-3-2-4-8-16/h2-14H,1H3. The number of aryl methyl sites for hydroxylation is 1. The zero-order chi connectivity index (χ0) is 14.9. The van der Waals surface area contributed by atoms with Crippen molar-refractivity contribution in [2.24, 2.45) is 0 Å². The first kappa shape index (κ1) is 12.9. The first-order valence-electron chi connectivity index (χ1n) is 7.46. The van der Waals surface area contributed by atoms with Crippen LogP contribution < -0.4 is 0 Å². The fourth-order valence-electron chi connectivity index (χ4n) is 2.92. The Balaban J connectivity index is 1.89. The Morgan fingerprint density at radius 2 is 1.36 bits per heavy atom. The summed E-state index contributed by atoms with van der Waals surface area (Å²) in [5, 5.41) is 1.15. The molecule has 0 unspecified atom stereocenters. The number of benzene rings is 3. The van der Waals surface area contributed by atoms with Gasteiger partial charge in [-0.15, -0.1) is 0 Å². The van der Waals surface area contributed by atoms with E-state index in [9.17, 15) is 0 Å². The maximum atomic E-state index is 5.90. The van der Waals surface area contributed by atoms with Crippen LogP contribution in [0.25, 0.3) is 33.2 Å². The number of hydrogen-bond donors (Lipinski definition) is 0. The molecule has 4 rings (SSSR count). The van der Waals surface area contributed by atoms with Gasteiger partial charge in [-0.3, -0.25) is 0 Å². The maximum absolute atomic E-state index is 5.90. The van der Waals surface area contributed by atoms with Crippen LogP contribution in [0, 0.1) is 6.92 Å². The van der Waals surface area contributed by atoms with Gasteiger partial charge in [0.1, 0.15) is 11.3 Å². The Morgan fingerprint density at radius 1 is 0.636 bits per heavy atom. The summed E-state index contributed by atoms with van der Waals surface area (Å²) in [5.74, 6) is 0.946. The Hall–Kier alpha value is -2.80. The molecule has 0 saturated heterocycles. The summed E-state index contributed by atoms with van der Waals surface area (Å²) in [4.78, 5) is 0. The molecule has 0 bridgehead atoms. The molecule has 0 aliphatic carbocycles. The lowest BCUT2D eigenvalue weighted by Gasteiger charge is -2.06. The first-order valence-corrected chi connectivity index (χ1v) is 7.46. The molecule has 4 aromatic rings. The van der Waals surface area contributed by atoms with Crippen molar-refractivity contribution in [1.82, 2.24) is 0 Å². The highest BCUT2D eigenvalue weighted by atomic mass is 16.3. The molecule has 0 N–H and O–H groups in total. The van der Waals surface area contributed by atoms with E-state index in [0.717, 1.165) is 22.3 Å². The van der Waals surface area contributed by atoms with E-state index in [1.807, 2.05) is 13.0 Å². The summed E-state index contributed by atoms with van der Waals surface area (Å²) >= 11 is 0. The number of para-hydroxylation sites is 1. The minimum Gasteiger partial charge on any atom is -0.461 e. The molecule has 0 spiro atoms. The van der Waals surface area contributed by atoms with E-state index < -0.39 is 0 Å². The van der Waals surface area contributed by atoms with Crippen molar-refractivity contribution in [2.45, 2.75) is 6.92 Å². The molecule has 0 aliphatic rings. The van der Waals surface area contributed by atoms with Crippen LogP contribution in [0.5, 0.6) is 0 Å². The maximum Gasteiger partial charge on any atom is 0.142 e. The van der Waals surface area contributed by atoms with E-state index in [0.29, 0.717) is 0 Å². The highest BCUT2D eigenvalue weighted by molar-refractivity contribution is 5.93. The van der Waals surface area contributed by atoms with Gasteiger partial charge in [0.15, 0.2) is 0 Å². The van der Waals surface area contributed by atoms with Gasteiger partial charge in [0.25, 0.3) is 0 Å². The van der Waals surface area contributed by atoms with Gasteiger partial charge >= 0.3 is 0 Å². The predicted octanol–water partition coefficient (Wildman–Crippen LogP) is 6.08. The van der Waals surface area contributed by atoms with Crippen LogP contribution >= 0.6 is 0 Å². The molecule has 1 heterocycles. The normalized spacial score (nSPS) is 11.0. The van der Waals surface area contributed by atoms with Crippen molar-refractivity contribution in [3.05, 3.63) is 84.6 Å². The van der Waals surface area contributed by atoms with E-state index in [1.165, 1.54) is 16.7 Å². The minimum absolute atomic E-state index is 0.946. The number of furan rings is 1. The average molecular weight is 284 g/mol. The molecular weight excluding hydrogens is 268 g/mol. The van der Waals surface area contributed by atoms with Crippen molar-refractivity contribution >= 4 is 11.0 Å². The third-order valence-corrected chi connectivity index (χ3v) is 3.95. The van der Waals surface area contributed by atoms with Gasteiger partial charge in [0, 0.05) is 10.9 Å². The van der Waals surface area contributed by atoms with Gasteiger partial charge in [-0.05, 0) is 35.7 Å². The summed E-state index contributed by atoms with van der Waals surface area (Å²) in [6.07, 6.45) is 0. The molecule has 1 heteroatoms. The number of hydrogen-bond acceptors (Lipinski definition) is 1. The Morgan fingerprint density at radius 3 is 2.23 bits per heavy atom. The van der Waals surface area contributed by atoms with Crippen LogP contribution in [-0.4, -0.2) is 0 Å². The van der Waals surface area contributed by atoms with E-state index in [2.05, 4.69) is 72.8 Å². The Bertz CT molecular complexity index is 932. The molecule has 106 valence electrons. The zero-order valence-electron chi connectivity index (χ0n) is 12.4. The molecular formula is C21H16O. The highest BCUT2D eigenvalue weighted by Gasteiger charge is 2.09. The van der Waals surface area contributed by atoms with Crippen molar-refractivity contribution in [3.8, 4) is 22.3 Å². The van der Waals surface area contributed by atoms with Crippen molar-refractivity contribution in [2.75, 3.05) is 0 Å². The highest BCUT2D eigenvalue weighted by Crippen LogP contribution is 2.32. The molecule has 0 aliphatic heterocycles. The van der Waals surface area contributed by atoms with E-state index in [-0.39, 0.29) is 0 Å². The molecule has 0 atom stereocenters. The van der Waals surface area contributed by atoms with Crippen LogP contribution in [-0.2, 0) is 0 Å². The van der Waals surface area contributed by atoms with Gasteiger partial charge in [0.2, 0.25) is 0 Å². The van der Waals surface area contributed by atoms with Gasteiger partial charge in [-0.1, -0.05) is 66.7 Å². The van der Waals surface area contributed by atoms with Crippen LogP contribution in [0.3, 0.4) is 0 Å². The minimum atomic E-state index is 0.946. The molecule has 1 nitrogen and oxygen atoms in total. The third kappa shape index (κ3) is 2.21. The monoisotopic (exact) mass is 284 g/mol. The SMILES string of the molecule is Cc1cc2cccc(-c3cccc(-c4ccccc4)c3)c2o1. The second kappa shape index (κ2) is 5.19. The Kier molecular flexibility index (Phi) is 3.05. The molecule has 0 fully saturated rings. The lowest BCUT2D eigenvalue weighted by molar-refractivity contribution is 0.579. The largest absolute Gasteiger partial charge is 0.461 e. The summed E-state index contributed by atoms with van der Waals surface area (Å²) in [5.41, 5.74) is 5.74. The lowest BCUT2D eigenvalue weighted by Crippen LogP contribution is -1.82. The van der Waals surface area contributed by atoms with Crippen LogP contribution in [0.2, 0.25) is 0 Å². The quantitative estimate of drug-likeness (QED) is 0.435. The van der Waals surface area contributed by atoms with E-state index in [4.69, 9.17) is 4.42 Å². The molecule has 3 aromatic carbocycles. The average Bonchev–Trinajstić information content (AvgIpc) is 2.96. The zero-order valence-corrected chi connectivity index (χ0v) is 12.4. The van der Waals surface area contributed by atoms with Gasteiger partial charge in [0.05, 0.1) is 0 Å². The summed E-state index contributed by atoms with van der Waals surface area (Å²) in [6, 6.07) is 27.4. The molecule has 0 amide bonds. The van der Waals surface area contributed by atoms with Crippen LogP contribution in [0.1, 0.15) is 5.76 Å². The van der Waals surface area contributed by atoms with Crippen molar-refractivity contribution in [1.29, 1.82) is 0 Å². The fourth-order valence-corrected chi connectivity index (χ4v) is 2.92. The second-order valence-electron chi connectivity index (χ2n) is 5.53. The first-order chi connectivity index (χ1) is 10.8. The molecule has 1 aromatic heterocycles. The van der Waals surface area contributed by atoms with Gasteiger partial charge in [-0.2, -0.15) is 0 Å². The summed E-state index contributed by atoms with van der Waals surface area (Å²) in [6.45, 7) is 1.99.